The number of aliphatic hydroxyl groups excluding tert-OH is 1. The molecule has 0 aliphatic heterocycles. The van der Waals surface area contributed by atoms with Gasteiger partial charge in [0.05, 0.1) is 19.8 Å². The van der Waals surface area contributed by atoms with Crippen LogP contribution in [0.5, 0.6) is 0 Å². The molecule has 0 aliphatic carbocycles. The lowest BCUT2D eigenvalue weighted by atomic mass is 10.2. The summed E-state index contributed by atoms with van der Waals surface area (Å²) in [5.74, 6) is 0.312. The number of rotatable bonds is 7. The molecule has 90 valence electrons. The van der Waals surface area contributed by atoms with E-state index < -0.39 is 6.09 Å². The molecule has 0 unspecified atom stereocenters. The molecule has 0 saturated heterocycles. The molecule has 0 radical (unpaired) electrons. The molecular weight excluding hydrogens is 198 g/mol. The van der Waals surface area contributed by atoms with Gasteiger partial charge in [0.15, 0.2) is 0 Å². The number of methoxy groups -OCH3 is 1. The fourth-order valence-electron chi connectivity index (χ4n) is 0.946. The van der Waals surface area contributed by atoms with Gasteiger partial charge in [-0.3, -0.25) is 0 Å². The first-order valence-corrected chi connectivity index (χ1v) is 5.13. The van der Waals surface area contributed by atoms with Gasteiger partial charge in [0.25, 0.3) is 0 Å². The maximum absolute atomic E-state index is 11.5. The van der Waals surface area contributed by atoms with Crippen molar-refractivity contribution in [2.45, 2.75) is 13.8 Å². The summed E-state index contributed by atoms with van der Waals surface area (Å²) in [5, 5.41) is 8.77. The fraction of sp³-hybridized carbons (Fsp3) is 0.900. The van der Waals surface area contributed by atoms with Crippen molar-refractivity contribution in [2.75, 3.05) is 40.0 Å². The number of nitrogens with zero attached hydrogens (tertiary/aromatic N) is 1. The maximum atomic E-state index is 11.5. The Hall–Kier alpha value is -0.810. The summed E-state index contributed by atoms with van der Waals surface area (Å²) in [6.45, 7) is 5.43. The standard InChI is InChI=1S/C10H21NO4/c1-9(2)8-15-10(13)11(4-6-12)5-7-14-3/h9,12H,4-8H2,1-3H3. The maximum Gasteiger partial charge on any atom is 0.409 e. The second kappa shape index (κ2) is 8.49. The Labute approximate surface area is 91.0 Å². The van der Waals surface area contributed by atoms with Crippen molar-refractivity contribution in [3.05, 3.63) is 0 Å². The molecule has 5 heteroatoms. The largest absolute Gasteiger partial charge is 0.449 e. The fourth-order valence-corrected chi connectivity index (χ4v) is 0.946. The highest BCUT2D eigenvalue weighted by molar-refractivity contribution is 5.67. The summed E-state index contributed by atoms with van der Waals surface area (Å²) >= 11 is 0. The summed E-state index contributed by atoms with van der Waals surface area (Å²) in [5.41, 5.74) is 0. The van der Waals surface area contributed by atoms with Crippen LogP contribution in [0.4, 0.5) is 4.79 Å². The predicted molar refractivity (Wildman–Crippen MR) is 56.7 cm³/mol. The number of ether oxygens (including phenoxy) is 2. The van der Waals surface area contributed by atoms with Crippen molar-refractivity contribution in [1.29, 1.82) is 0 Å². The van der Waals surface area contributed by atoms with Crippen LogP contribution in [0, 0.1) is 5.92 Å². The summed E-state index contributed by atoms with van der Waals surface area (Å²) in [4.78, 5) is 12.9. The SMILES string of the molecule is COCCN(CCO)C(=O)OCC(C)C. The summed E-state index contributed by atoms with van der Waals surface area (Å²) in [7, 11) is 1.57. The minimum absolute atomic E-state index is 0.0690. The van der Waals surface area contributed by atoms with Gasteiger partial charge < -0.3 is 19.5 Å². The zero-order valence-corrected chi connectivity index (χ0v) is 9.73. The molecule has 0 atom stereocenters. The molecule has 0 fully saturated rings. The highest BCUT2D eigenvalue weighted by Gasteiger charge is 2.14. The molecule has 0 heterocycles. The Kier molecular flexibility index (Phi) is 8.04. The van der Waals surface area contributed by atoms with Crippen LogP contribution in [0.2, 0.25) is 0 Å². The number of amides is 1. The van der Waals surface area contributed by atoms with E-state index in [4.69, 9.17) is 14.6 Å². The van der Waals surface area contributed by atoms with Gasteiger partial charge in [-0.15, -0.1) is 0 Å². The van der Waals surface area contributed by atoms with Crippen LogP contribution in [0.25, 0.3) is 0 Å². The summed E-state index contributed by atoms with van der Waals surface area (Å²) in [6, 6.07) is 0. The van der Waals surface area contributed by atoms with Crippen LogP contribution in [-0.2, 0) is 9.47 Å². The molecule has 0 bridgehead atoms. The molecule has 15 heavy (non-hydrogen) atoms. The molecule has 0 rings (SSSR count). The van der Waals surface area contributed by atoms with Gasteiger partial charge in [-0.05, 0) is 5.92 Å². The van der Waals surface area contributed by atoms with Crippen LogP contribution in [0.3, 0.4) is 0 Å². The van der Waals surface area contributed by atoms with E-state index in [-0.39, 0.29) is 13.2 Å². The number of aliphatic hydroxyl groups is 1. The van der Waals surface area contributed by atoms with Gasteiger partial charge in [0.2, 0.25) is 0 Å². The average molecular weight is 219 g/mol. The van der Waals surface area contributed by atoms with Crippen molar-refractivity contribution in [1.82, 2.24) is 4.90 Å². The van der Waals surface area contributed by atoms with Crippen LogP contribution >= 0.6 is 0 Å². The van der Waals surface area contributed by atoms with Crippen molar-refractivity contribution in [3.63, 3.8) is 0 Å². The third-order valence-electron chi connectivity index (χ3n) is 1.73. The molecule has 0 aromatic heterocycles. The second-order valence-corrected chi connectivity index (χ2v) is 3.67. The molecule has 0 aliphatic rings. The van der Waals surface area contributed by atoms with Crippen LogP contribution in [0.1, 0.15) is 13.8 Å². The number of hydrogen-bond acceptors (Lipinski definition) is 4. The molecule has 0 saturated carbocycles. The first-order chi connectivity index (χ1) is 7.11. The van der Waals surface area contributed by atoms with E-state index in [0.29, 0.717) is 25.7 Å². The van der Waals surface area contributed by atoms with E-state index in [1.54, 1.807) is 7.11 Å². The van der Waals surface area contributed by atoms with E-state index in [9.17, 15) is 4.79 Å². The smallest absolute Gasteiger partial charge is 0.409 e. The Bertz CT molecular complexity index is 173. The highest BCUT2D eigenvalue weighted by Crippen LogP contribution is 1.98. The quantitative estimate of drug-likeness (QED) is 0.685. The van der Waals surface area contributed by atoms with Crippen molar-refractivity contribution in [2.24, 2.45) is 5.92 Å². The van der Waals surface area contributed by atoms with E-state index in [0.717, 1.165) is 0 Å². The average Bonchev–Trinajstić information content (AvgIpc) is 2.20. The third-order valence-corrected chi connectivity index (χ3v) is 1.73. The van der Waals surface area contributed by atoms with E-state index >= 15 is 0 Å². The lowest BCUT2D eigenvalue weighted by Crippen LogP contribution is -2.37. The van der Waals surface area contributed by atoms with Gasteiger partial charge in [-0.25, -0.2) is 4.79 Å². The minimum Gasteiger partial charge on any atom is -0.449 e. The zero-order chi connectivity index (χ0) is 11.7. The van der Waals surface area contributed by atoms with Gasteiger partial charge >= 0.3 is 6.09 Å². The molecule has 1 N–H and O–H groups in total. The Morgan fingerprint density at radius 2 is 2.07 bits per heavy atom. The van der Waals surface area contributed by atoms with E-state index in [1.807, 2.05) is 13.8 Å². The van der Waals surface area contributed by atoms with E-state index in [1.165, 1.54) is 4.90 Å². The zero-order valence-electron chi connectivity index (χ0n) is 9.73. The number of carbonyl (C=O) groups is 1. The van der Waals surface area contributed by atoms with Crippen molar-refractivity contribution < 1.29 is 19.4 Å². The number of hydrogen-bond donors (Lipinski definition) is 1. The second-order valence-electron chi connectivity index (χ2n) is 3.67. The first-order valence-electron chi connectivity index (χ1n) is 5.13. The Balaban J connectivity index is 3.92. The Morgan fingerprint density at radius 3 is 2.53 bits per heavy atom. The van der Waals surface area contributed by atoms with Crippen LogP contribution < -0.4 is 0 Å². The summed E-state index contributed by atoms with van der Waals surface area (Å²) < 4.78 is 9.90. The van der Waals surface area contributed by atoms with Crippen molar-refractivity contribution in [3.8, 4) is 0 Å². The van der Waals surface area contributed by atoms with E-state index in [2.05, 4.69) is 0 Å². The van der Waals surface area contributed by atoms with Gasteiger partial charge in [0.1, 0.15) is 0 Å². The molecule has 0 aromatic rings. The van der Waals surface area contributed by atoms with Crippen LogP contribution in [0.15, 0.2) is 0 Å². The molecule has 1 amide bonds. The normalized spacial score (nSPS) is 10.5. The molecule has 0 spiro atoms. The van der Waals surface area contributed by atoms with Crippen LogP contribution in [-0.4, -0.2) is 56.1 Å². The molecule has 0 aromatic carbocycles. The molecule has 5 nitrogen and oxygen atoms in total. The summed E-state index contributed by atoms with van der Waals surface area (Å²) in [6.07, 6.45) is -0.394. The monoisotopic (exact) mass is 219 g/mol. The topological polar surface area (TPSA) is 59.0 Å². The molecular formula is C10H21NO4. The predicted octanol–water partition coefficient (Wildman–Crippen LogP) is 0.720. The Morgan fingerprint density at radius 1 is 1.40 bits per heavy atom. The lowest BCUT2D eigenvalue weighted by Gasteiger charge is -2.21. The first kappa shape index (κ1) is 14.2. The van der Waals surface area contributed by atoms with Gasteiger partial charge in [0, 0.05) is 20.2 Å². The van der Waals surface area contributed by atoms with Gasteiger partial charge in [-0.2, -0.15) is 0 Å². The third kappa shape index (κ3) is 7.16. The number of carbonyl (C=O) groups excluding carboxylic acids is 1. The van der Waals surface area contributed by atoms with Gasteiger partial charge in [-0.1, -0.05) is 13.8 Å². The highest BCUT2D eigenvalue weighted by atomic mass is 16.6. The lowest BCUT2D eigenvalue weighted by molar-refractivity contribution is 0.0723. The van der Waals surface area contributed by atoms with Crippen molar-refractivity contribution >= 4 is 6.09 Å². The minimum atomic E-state index is -0.394.